The highest BCUT2D eigenvalue weighted by atomic mass is 35.5. The quantitative estimate of drug-likeness (QED) is 0.763. The fourth-order valence-electron chi connectivity index (χ4n) is 1.21. The maximum absolute atomic E-state index is 9.64. The van der Waals surface area contributed by atoms with Crippen LogP contribution in [-0.2, 0) is 0 Å². The summed E-state index contributed by atoms with van der Waals surface area (Å²) in [4.78, 5) is 0. The molecule has 4 nitrogen and oxygen atoms in total. The van der Waals surface area contributed by atoms with Crippen molar-refractivity contribution in [3.05, 3.63) is 28.8 Å². The Morgan fingerprint density at radius 3 is 2.67 bits per heavy atom. The summed E-state index contributed by atoms with van der Waals surface area (Å²) < 4.78 is 4.98. The van der Waals surface area contributed by atoms with Crippen LogP contribution in [0.5, 0.6) is 5.75 Å². The van der Waals surface area contributed by atoms with Crippen molar-refractivity contribution in [2.75, 3.05) is 7.11 Å². The van der Waals surface area contributed by atoms with Gasteiger partial charge in [-0.1, -0.05) is 17.7 Å². The normalized spacial score (nSPS) is 14.1. The van der Waals surface area contributed by atoms with Crippen LogP contribution in [0.1, 0.15) is 11.7 Å². The summed E-state index contributed by atoms with van der Waals surface area (Å²) in [5, 5.41) is 27.6. The summed E-state index contributed by atoms with van der Waals surface area (Å²) in [5.41, 5.74) is 0.218. The van der Waals surface area contributed by atoms with Crippen molar-refractivity contribution in [1.82, 2.24) is 0 Å². The fourth-order valence-corrected chi connectivity index (χ4v) is 1.49. The zero-order chi connectivity index (χ0) is 11.4. The van der Waals surface area contributed by atoms with Gasteiger partial charge in [-0.05, 0) is 12.1 Å². The van der Waals surface area contributed by atoms with Crippen LogP contribution in [0, 0.1) is 11.3 Å². The van der Waals surface area contributed by atoms with E-state index in [1.54, 1.807) is 18.2 Å². The molecule has 5 heteroatoms. The van der Waals surface area contributed by atoms with E-state index in [1.165, 1.54) is 13.2 Å². The van der Waals surface area contributed by atoms with Gasteiger partial charge in [0.2, 0.25) is 0 Å². The Morgan fingerprint density at radius 2 is 2.13 bits per heavy atom. The highest BCUT2D eigenvalue weighted by Gasteiger charge is 2.23. The lowest BCUT2D eigenvalue weighted by Crippen LogP contribution is -2.17. The maximum Gasteiger partial charge on any atom is 0.170 e. The van der Waals surface area contributed by atoms with Crippen LogP contribution in [0.4, 0.5) is 0 Å². The predicted octanol–water partition coefficient (Wildman–Crippen LogP) is 1.27. The van der Waals surface area contributed by atoms with E-state index in [0.717, 1.165) is 0 Å². The zero-order valence-electron chi connectivity index (χ0n) is 8.01. The third-order valence-electron chi connectivity index (χ3n) is 1.96. The Bertz CT molecular complexity index is 389. The molecule has 0 heterocycles. The molecule has 0 aliphatic rings. The molecular formula is C10H10ClNO3. The lowest BCUT2D eigenvalue weighted by molar-refractivity contribution is 0.0511. The van der Waals surface area contributed by atoms with E-state index < -0.39 is 12.2 Å². The number of hydrogen-bond donors (Lipinski definition) is 2. The van der Waals surface area contributed by atoms with Crippen molar-refractivity contribution in [2.45, 2.75) is 12.2 Å². The molecule has 2 unspecified atom stereocenters. The molecule has 2 atom stereocenters. The number of benzene rings is 1. The Kier molecular flexibility index (Phi) is 3.92. The van der Waals surface area contributed by atoms with Crippen molar-refractivity contribution in [1.29, 1.82) is 5.26 Å². The predicted molar refractivity (Wildman–Crippen MR) is 54.6 cm³/mol. The van der Waals surface area contributed by atoms with Gasteiger partial charge in [0.15, 0.2) is 6.10 Å². The van der Waals surface area contributed by atoms with E-state index in [2.05, 4.69) is 0 Å². The lowest BCUT2D eigenvalue weighted by atomic mass is 10.0. The lowest BCUT2D eigenvalue weighted by Gasteiger charge is -2.16. The molecular weight excluding hydrogens is 218 g/mol. The van der Waals surface area contributed by atoms with Gasteiger partial charge >= 0.3 is 0 Å². The van der Waals surface area contributed by atoms with E-state index in [1.807, 2.05) is 0 Å². The first-order valence-electron chi connectivity index (χ1n) is 4.20. The summed E-state index contributed by atoms with van der Waals surface area (Å²) in [6, 6.07) is 6.32. The Hall–Kier alpha value is -1.28. The van der Waals surface area contributed by atoms with Crippen LogP contribution in [0.15, 0.2) is 18.2 Å². The number of rotatable bonds is 3. The number of aliphatic hydroxyl groups excluding tert-OH is 2. The molecule has 0 saturated heterocycles. The molecule has 2 N–H and O–H groups in total. The second-order valence-electron chi connectivity index (χ2n) is 2.87. The average Bonchev–Trinajstić information content (AvgIpc) is 2.26. The van der Waals surface area contributed by atoms with Crippen molar-refractivity contribution in [2.24, 2.45) is 0 Å². The fraction of sp³-hybridized carbons (Fsp3) is 0.300. The second kappa shape index (κ2) is 4.99. The molecule has 80 valence electrons. The Labute approximate surface area is 92.3 Å². The van der Waals surface area contributed by atoms with Gasteiger partial charge in [-0.2, -0.15) is 5.26 Å². The molecule has 0 aliphatic heterocycles. The van der Waals surface area contributed by atoms with Crippen molar-refractivity contribution < 1.29 is 14.9 Å². The standard InChI is InChI=1S/C10H10ClNO3/c1-15-8-4-2-3-6(11)9(8)10(14)7(13)5-12/h2-4,7,10,13-14H,1H3. The van der Waals surface area contributed by atoms with E-state index in [0.29, 0.717) is 5.75 Å². The molecule has 1 rings (SSSR count). The van der Waals surface area contributed by atoms with Crippen molar-refractivity contribution >= 4 is 11.6 Å². The van der Waals surface area contributed by atoms with Crippen LogP contribution in [0.3, 0.4) is 0 Å². The number of nitriles is 1. The SMILES string of the molecule is COc1cccc(Cl)c1C(O)C(O)C#N. The highest BCUT2D eigenvalue weighted by Crippen LogP contribution is 2.33. The van der Waals surface area contributed by atoms with E-state index in [4.69, 9.17) is 21.6 Å². The molecule has 0 radical (unpaired) electrons. The van der Waals surface area contributed by atoms with E-state index >= 15 is 0 Å². The smallest absolute Gasteiger partial charge is 0.170 e. The van der Waals surface area contributed by atoms with Crippen LogP contribution in [-0.4, -0.2) is 23.4 Å². The van der Waals surface area contributed by atoms with Gasteiger partial charge < -0.3 is 14.9 Å². The molecule has 15 heavy (non-hydrogen) atoms. The second-order valence-corrected chi connectivity index (χ2v) is 3.28. The van der Waals surface area contributed by atoms with Crippen LogP contribution in [0.2, 0.25) is 5.02 Å². The van der Waals surface area contributed by atoms with Gasteiger partial charge in [-0.15, -0.1) is 0 Å². The zero-order valence-corrected chi connectivity index (χ0v) is 8.77. The number of methoxy groups -OCH3 is 1. The van der Waals surface area contributed by atoms with E-state index in [9.17, 15) is 10.2 Å². The topological polar surface area (TPSA) is 73.5 Å². The van der Waals surface area contributed by atoms with Crippen molar-refractivity contribution in [3.63, 3.8) is 0 Å². The largest absolute Gasteiger partial charge is 0.496 e. The Morgan fingerprint density at radius 1 is 1.47 bits per heavy atom. The molecule has 0 bridgehead atoms. The molecule has 0 fully saturated rings. The van der Waals surface area contributed by atoms with Gasteiger partial charge in [0.05, 0.1) is 18.2 Å². The van der Waals surface area contributed by atoms with Crippen LogP contribution in [0.25, 0.3) is 0 Å². The molecule has 0 aromatic heterocycles. The number of halogens is 1. The number of nitrogens with zero attached hydrogens (tertiary/aromatic N) is 1. The summed E-state index contributed by atoms with van der Waals surface area (Å²) in [6.45, 7) is 0. The minimum Gasteiger partial charge on any atom is -0.496 e. The third kappa shape index (κ3) is 2.39. The van der Waals surface area contributed by atoms with Gasteiger partial charge in [0.1, 0.15) is 11.9 Å². The molecule has 0 saturated carbocycles. The third-order valence-corrected chi connectivity index (χ3v) is 2.29. The van der Waals surface area contributed by atoms with E-state index in [-0.39, 0.29) is 10.6 Å². The summed E-state index contributed by atoms with van der Waals surface area (Å²) in [6.07, 6.45) is -2.91. The maximum atomic E-state index is 9.64. The number of ether oxygens (including phenoxy) is 1. The average molecular weight is 228 g/mol. The molecule has 1 aromatic carbocycles. The summed E-state index contributed by atoms with van der Waals surface area (Å²) in [7, 11) is 1.42. The molecule has 1 aromatic rings. The first-order valence-corrected chi connectivity index (χ1v) is 4.57. The highest BCUT2D eigenvalue weighted by molar-refractivity contribution is 6.31. The summed E-state index contributed by atoms with van der Waals surface area (Å²) in [5.74, 6) is 0.337. The number of aliphatic hydroxyl groups is 2. The summed E-state index contributed by atoms with van der Waals surface area (Å²) >= 11 is 5.84. The minimum absolute atomic E-state index is 0.218. The minimum atomic E-state index is -1.53. The first-order chi connectivity index (χ1) is 7.11. The van der Waals surface area contributed by atoms with Gasteiger partial charge in [-0.3, -0.25) is 0 Å². The monoisotopic (exact) mass is 227 g/mol. The number of hydrogen-bond acceptors (Lipinski definition) is 4. The molecule has 0 amide bonds. The van der Waals surface area contributed by atoms with Crippen LogP contribution < -0.4 is 4.74 Å². The Balaban J connectivity index is 3.18. The van der Waals surface area contributed by atoms with Crippen LogP contribution >= 0.6 is 11.6 Å². The van der Waals surface area contributed by atoms with Gasteiger partial charge in [0, 0.05) is 5.56 Å². The first kappa shape index (κ1) is 11.8. The van der Waals surface area contributed by atoms with Crippen molar-refractivity contribution in [3.8, 4) is 11.8 Å². The molecule has 0 spiro atoms. The molecule has 0 aliphatic carbocycles. The van der Waals surface area contributed by atoms with Gasteiger partial charge in [0.25, 0.3) is 0 Å². The van der Waals surface area contributed by atoms with Gasteiger partial charge in [-0.25, -0.2) is 0 Å².